The Labute approximate surface area is 401 Å². The third-order valence-electron chi connectivity index (χ3n) is 4.42. The van der Waals surface area contributed by atoms with Crippen LogP contribution in [0, 0.1) is 0 Å². The molecule has 0 fully saturated rings. The maximum atomic E-state index is 9.89. The van der Waals surface area contributed by atoms with Gasteiger partial charge in [0.25, 0.3) is 0 Å². The van der Waals surface area contributed by atoms with Gasteiger partial charge in [-0.1, -0.05) is 204 Å². The van der Waals surface area contributed by atoms with Crippen molar-refractivity contribution in [3.63, 3.8) is 0 Å². The van der Waals surface area contributed by atoms with E-state index in [1.54, 1.807) is 6.92 Å². The van der Waals surface area contributed by atoms with Crippen LogP contribution in [0.4, 0.5) is 0 Å². The van der Waals surface area contributed by atoms with Crippen LogP contribution in [-0.4, -0.2) is 76.8 Å². The molecule has 0 saturated heterocycles. The van der Waals surface area contributed by atoms with Crippen LogP contribution in [0.25, 0.3) is 0 Å². The Kier molecular flexibility index (Phi) is 93.5. The molecule has 5 aromatic rings. The van der Waals surface area contributed by atoms with Gasteiger partial charge >= 0.3 is 0 Å². The largest absolute Gasteiger partial charge is 0.372 e. The third kappa shape index (κ3) is 158. The van der Waals surface area contributed by atoms with Gasteiger partial charge in [0.05, 0.1) is 18.8 Å². The second kappa shape index (κ2) is 68.9. The number of primary amides is 3. The fraction of sp³-hybridized carbons (Fsp3) is 0.214. The van der Waals surface area contributed by atoms with Crippen LogP contribution in [0.15, 0.2) is 182 Å². The van der Waals surface area contributed by atoms with Crippen LogP contribution in [0.1, 0.15) is 28.2 Å². The zero-order chi connectivity index (χ0) is 45.8. The van der Waals surface area contributed by atoms with Gasteiger partial charge in [0, 0.05) is 17.1 Å². The molecule has 0 aromatic heterocycles. The van der Waals surface area contributed by atoms with Gasteiger partial charge < -0.3 is 29.5 Å². The van der Waals surface area contributed by atoms with Crippen LogP contribution >= 0.6 is 34.7 Å². The first-order chi connectivity index (χ1) is 27.2. The van der Waals surface area contributed by atoms with Crippen molar-refractivity contribution in [1.29, 1.82) is 0 Å². The van der Waals surface area contributed by atoms with E-state index in [0.717, 1.165) is 18.8 Å². The van der Waals surface area contributed by atoms with E-state index in [1.807, 2.05) is 182 Å². The summed E-state index contributed by atoms with van der Waals surface area (Å²) in [6, 6.07) is 60.0. The first kappa shape index (κ1) is 85.5. The Hall–Kier alpha value is -4.78. The zero-order valence-electron chi connectivity index (χ0n) is 35.5. The van der Waals surface area contributed by atoms with E-state index in [0.29, 0.717) is 6.42 Å². The highest BCUT2D eigenvalue weighted by Crippen LogP contribution is 1.84. The Morgan fingerprint density at radius 1 is 0.460 bits per heavy atom. The van der Waals surface area contributed by atoms with Gasteiger partial charge in [-0.3, -0.25) is 14.4 Å². The molecule has 0 unspecified atom stereocenters. The van der Waals surface area contributed by atoms with Gasteiger partial charge in [-0.15, -0.1) is 24.0 Å². The molecule has 14 N–H and O–H groups in total. The summed E-state index contributed by atoms with van der Waals surface area (Å²) >= 11 is 0. The van der Waals surface area contributed by atoms with E-state index in [2.05, 4.69) is 37.3 Å². The molecule has 3 amide bonds. The number of benzene rings is 5. The van der Waals surface area contributed by atoms with Crippen LogP contribution < -0.4 is 38.9 Å². The highest BCUT2D eigenvalue weighted by Gasteiger charge is 1.89. The molecule has 0 aliphatic heterocycles. The van der Waals surface area contributed by atoms with E-state index in [1.165, 1.54) is 14.1 Å². The molecule has 16 nitrogen and oxygen atoms in total. The van der Waals surface area contributed by atoms with Crippen LogP contribution in [-0.2, 0) is 43.5 Å². The number of rotatable bonds is 3. The lowest BCUT2D eigenvalue weighted by atomic mass is 10.4. The fourth-order valence-electron chi connectivity index (χ4n) is 1.92. The summed E-state index contributed by atoms with van der Waals surface area (Å²) < 4.78 is 62.5. The van der Waals surface area contributed by atoms with Crippen LogP contribution in [0.3, 0.4) is 0 Å². The number of hydrogen-bond acceptors (Lipinski definition) is 11. The molecule has 0 aliphatic rings. The van der Waals surface area contributed by atoms with E-state index in [-0.39, 0.29) is 69.9 Å². The van der Waals surface area contributed by atoms with Crippen molar-refractivity contribution in [2.75, 3.05) is 32.9 Å². The maximum absolute atomic E-state index is 9.89. The smallest absolute Gasteiger partial charge is 0.229 e. The van der Waals surface area contributed by atoms with Crippen molar-refractivity contribution in [2.45, 2.75) is 28.2 Å². The number of carbonyl (C=O) groups is 3. The predicted octanol–water partition coefficient (Wildman–Crippen LogP) is 7.25. The standard InChI is InChI=1S/5C6H6.C3H7NO.2C2H7NO2S.CH3ClO2S.2CH3NO.2CH4.HI.2H3N/c5*1-2-4-6-5-3-1;1-2-3(4)5;2*1-3-6(2,4)5;1-5(2,3)4;2*2-1-3;;;;;/h5*1-6H;2H2,1H3,(H2,4,5);2*3H,1-2H3;1H3;2*1H,(H2,2,3);2*1H4;1H;2*1H3. The molecule has 0 aliphatic carbocycles. The van der Waals surface area contributed by atoms with E-state index < -0.39 is 29.1 Å². The van der Waals surface area contributed by atoms with Crippen molar-refractivity contribution in [2.24, 2.45) is 17.2 Å². The molecule has 5 aromatic carbocycles. The molecule has 0 saturated carbocycles. The molecular formula is C42H75ClIN7O9S3. The Bertz CT molecular complexity index is 1490. The summed E-state index contributed by atoms with van der Waals surface area (Å²) in [4.78, 5) is 26.8. The van der Waals surface area contributed by atoms with Crippen molar-refractivity contribution in [3.8, 4) is 0 Å². The van der Waals surface area contributed by atoms with E-state index in [9.17, 15) is 30.0 Å². The van der Waals surface area contributed by atoms with Gasteiger partial charge in [0.15, 0.2) is 0 Å². The topological polar surface area (TPSA) is 326 Å². The molecule has 0 bridgehead atoms. The Morgan fingerprint density at radius 3 is 0.524 bits per heavy atom. The lowest BCUT2D eigenvalue weighted by molar-refractivity contribution is -0.117. The average Bonchev–Trinajstić information content (AvgIpc) is 3.22. The molecule has 21 heteroatoms. The second-order valence-corrected chi connectivity index (χ2v) is 16.5. The van der Waals surface area contributed by atoms with E-state index >= 15 is 0 Å². The second-order valence-electron chi connectivity index (χ2n) is 9.50. The first-order valence-corrected chi connectivity index (χ1v) is 23.0. The Balaban J connectivity index is -0.0000000524. The summed E-state index contributed by atoms with van der Waals surface area (Å²) in [5, 5.41) is 0. The summed E-state index contributed by atoms with van der Waals surface area (Å²) in [5.74, 6) is -0.245. The van der Waals surface area contributed by atoms with Gasteiger partial charge in [-0.2, -0.15) is 0 Å². The number of nitrogens with one attached hydrogen (secondary N) is 2. The van der Waals surface area contributed by atoms with Crippen LogP contribution in [0.2, 0.25) is 0 Å². The molecule has 0 atom stereocenters. The first-order valence-electron chi connectivity index (χ1n) is 16.5. The highest BCUT2D eigenvalue weighted by atomic mass is 127. The van der Waals surface area contributed by atoms with Crippen molar-refractivity contribution >= 4 is 82.5 Å². The van der Waals surface area contributed by atoms with Gasteiger partial charge in [0.1, 0.15) is 0 Å². The maximum Gasteiger partial charge on any atom is 0.229 e. The molecular weight excluding hydrogens is 1010 g/mol. The number of amides is 3. The number of nitrogens with two attached hydrogens (primary N) is 3. The number of halogens is 2. The average molecular weight is 1080 g/mol. The lowest BCUT2D eigenvalue weighted by Crippen LogP contribution is -2.15. The molecule has 5 rings (SSSR count). The summed E-state index contributed by atoms with van der Waals surface area (Å²) in [7, 11) is -1.78. The van der Waals surface area contributed by atoms with Gasteiger partial charge in [-0.05, 0) is 14.1 Å². The number of hydrogen-bond donors (Lipinski definition) is 7. The SMILES string of the molecule is C.C.CCC(N)=O.CNS(C)(=O)=O.CNS(C)(=O)=O.CS(=O)(=O)Cl.I.N.N.NC=O.NC=O.c1ccccc1.c1ccccc1.c1ccccc1.c1ccccc1.c1ccccc1. The quantitative estimate of drug-likeness (QED) is 0.0536. The summed E-state index contributed by atoms with van der Waals surface area (Å²) in [6.45, 7) is 1.72. The lowest BCUT2D eigenvalue weighted by Gasteiger charge is -1.85. The minimum atomic E-state index is -3.19. The predicted molar refractivity (Wildman–Crippen MR) is 280 cm³/mol. The summed E-state index contributed by atoms with van der Waals surface area (Å²) in [5.41, 5.74) is 13.0. The monoisotopic (exact) mass is 1080 g/mol. The molecule has 364 valence electrons. The van der Waals surface area contributed by atoms with Crippen LogP contribution in [0.5, 0.6) is 0 Å². The summed E-state index contributed by atoms with van der Waals surface area (Å²) in [6.07, 6.45) is 4.08. The zero-order valence-corrected chi connectivity index (χ0v) is 41.0. The molecule has 0 radical (unpaired) electrons. The van der Waals surface area contributed by atoms with Crippen molar-refractivity contribution < 1.29 is 39.6 Å². The van der Waals surface area contributed by atoms with Gasteiger partial charge in [0.2, 0.25) is 47.8 Å². The minimum Gasteiger partial charge on any atom is -0.372 e. The van der Waals surface area contributed by atoms with Crippen molar-refractivity contribution in [3.05, 3.63) is 182 Å². The highest BCUT2D eigenvalue weighted by molar-refractivity contribution is 14.0. The van der Waals surface area contributed by atoms with E-state index in [4.69, 9.17) is 9.59 Å². The fourth-order valence-corrected chi connectivity index (χ4v) is 1.92. The molecule has 0 heterocycles. The normalized spacial score (nSPS) is 7.92. The molecule has 63 heavy (non-hydrogen) atoms. The minimum absolute atomic E-state index is 0. The van der Waals surface area contributed by atoms with Gasteiger partial charge in [-0.25, -0.2) is 34.7 Å². The van der Waals surface area contributed by atoms with Crippen molar-refractivity contribution in [1.82, 2.24) is 21.7 Å². The number of sulfonamides is 2. The Morgan fingerprint density at radius 2 is 0.508 bits per heavy atom. The third-order valence-corrected chi connectivity index (χ3v) is 5.91. The molecule has 0 spiro atoms. The number of carbonyl (C=O) groups excluding carboxylic acids is 3.